The lowest BCUT2D eigenvalue weighted by atomic mass is 10.0. The van der Waals surface area contributed by atoms with Crippen molar-refractivity contribution in [1.82, 2.24) is 0 Å². The summed E-state index contributed by atoms with van der Waals surface area (Å²) in [6.45, 7) is 6.30. The van der Waals surface area contributed by atoms with Crippen LogP contribution in [0.1, 0.15) is 31.1 Å². The van der Waals surface area contributed by atoms with Crippen LogP contribution in [0.15, 0.2) is 36.5 Å². The fourth-order valence-electron chi connectivity index (χ4n) is 1.93. The second kappa shape index (κ2) is 3.84. The number of rotatable bonds is 1. The number of carbonyl (C=O) groups is 1. The number of para-hydroxylation sites is 1. The van der Waals surface area contributed by atoms with E-state index in [1.165, 1.54) is 0 Å². The van der Waals surface area contributed by atoms with Crippen molar-refractivity contribution in [3.63, 3.8) is 0 Å². The van der Waals surface area contributed by atoms with Gasteiger partial charge in [0.25, 0.3) is 5.91 Å². The molecule has 0 saturated carbocycles. The first-order chi connectivity index (χ1) is 7.89. The van der Waals surface area contributed by atoms with E-state index in [0.717, 1.165) is 10.9 Å². The minimum atomic E-state index is -0.395. The average Bonchev–Trinajstić information content (AvgIpc) is 2.26. The van der Waals surface area contributed by atoms with E-state index in [-0.39, 0.29) is 5.54 Å². The molecule has 0 aliphatic heterocycles. The minimum absolute atomic E-state index is 0.0922. The number of nitrogens with zero attached hydrogens (tertiary/aromatic N) is 1. The van der Waals surface area contributed by atoms with E-state index in [9.17, 15) is 4.79 Å². The maximum absolute atomic E-state index is 11.3. The maximum atomic E-state index is 11.3. The Bertz CT molecular complexity index is 582. The van der Waals surface area contributed by atoms with Gasteiger partial charge in [-0.2, -0.15) is 4.57 Å². The summed E-state index contributed by atoms with van der Waals surface area (Å²) in [5, 5.41) is 1.03. The van der Waals surface area contributed by atoms with Crippen LogP contribution in [0.4, 0.5) is 0 Å². The Labute approximate surface area is 101 Å². The van der Waals surface area contributed by atoms with Crippen molar-refractivity contribution in [1.29, 1.82) is 0 Å². The molecule has 1 amide bonds. The van der Waals surface area contributed by atoms with Crippen LogP contribution in [0.5, 0.6) is 0 Å². The third kappa shape index (κ3) is 2.13. The third-order valence-corrected chi connectivity index (χ3v) is 2.78. The van der Waals surface area contributed by atoms with Crippen molar-refractivity contribution in [3.8, 4) is 0 Å². The second-order valence-electron chi connectivity index (χ2n) is 5.19. The van der Waals surface area contributed by atoms with E-state index >= 15 is 0 Å². The molecule has 1 heterocycles. The molecule has 3 heteroatoms. The van der Waals surface area contributed by atoms with Gasteiger partial charge >= 0.3 is 0 Å². The van der Waals surface area contributed by atoms with E-state index < -0.39 is 5.91 Å². The molecule has 0 aliphatic rings. The zero-order valence-corrected chi connectivity index (χ0v) is 10.4. The highest BCUT2D eigenvalue weighted by atomic mass is 16.1. The number of aromatic nitrogens is 1. The van der Waals surface area contributed by atoms with Crippen LogP contribution in [-0.2, 0) is 5.54 Å². The van der Waals surface area contributed by atoms with Crippen molar-refractivity contribution < 1.29 is 9.36 Å². The number of fused-ring (bicyclic) bond motifs is 1. The van der Waals surface area contributed by atoms with Gasteiger partial charge < -0.3 is 5.73 Å². The molecule has 0 unspecified atom stereocenters. The van der Waals surface area contributed by atoms with E-state index in [4.69, 9.17) is 5.73 Å². The highest BCUT2D eigenvalue weighted by Gasteiger charge is 2.26. The van der Waals surface area contributed by atoms with Crippen LogP contribution in [0.3, 0.4) is 0 Å². The summed E-state index contributed by atoms with van der Waals surface area (Å²) in [6.07, 6.45) is 1.82. The first-order valence-corrected chi connectivity index (χ1v) is 5.64. The summed E-state index contributed by atoms with van der Waals surface area (Å²) in [6, 6.07) is 9.82. The Morgan fingerprint density at radius 3 is 2.47 bits per heavy atom. The monoisotopic (exact) mass is 229 g/mol. The SMILES string of the molecule is CC(C)(C)[n+]1cc(C(N)=O)cc2ccccc21. The van der Waals surface area contributed by atoms with Crippen LogP contribution in [0.2, 0.25) is 0 Å². The molecule has 3 nitrogen and oxygen atoms in total. The predicted molar refractivity (Wildman–Crippen MR) is 67.7 cm³/mol. The Morgan fingerprint density at radius 2 is 1.88 bits per heavy atom. The van der Waals surface area contributed by atoms with Gasteiger partial charge in [-0.05, 0) is 12.1 Å². The summed E-state index contributed by atoms with van der Waals surface area (Å²) < 4.78 is 2.09. The Balaban J connectivity index is 2.83. The first kappa shape index (κ1) is 11.6. The van der Waals surface area contributed by atoms with Gasteiger partial charge in [0, 0.05) is 32.2 Å². The maximum Gasteiger partial charge on any atom is 0.254 e. The van der Waals surface area contributed by atoms with Crippen LogP contribution in [0.25, 0.3) is 10.9 Å². The summed E-state index contributed by atoms with van der Waals surface area (Å²) in [5.74, 6) is -0.395. The van der Waals surface area contributed by atoms with Crippen molar-refractivity contribution in [3.05, 3.63) is 42.1 Å². The molecular formula is C14H17N2O+. The smallest absolute Gasteiger partial charge is 0.254 e. The van der Waals surface area contributed by atoms with Crippen molar-refractivity contribution in [2.75, 3.05) is 0 Å². The number of hydrogen-bond acceptors (Lipinski definition) is 1. The average molecular weight is 229 g/mol. The number of hydrogen-bond donors (Lipinski definition) is 1. The van der Waals surface area contributed by atoms with E-state index in [1.54, 1.807) is 0 Å². The molecule has 2 aromatic rings. The molecule has 0 aliphatic carbocycles. The fraction of sp³-hybridized carbons (Fsp3) is 0.286. The number of benzene rings is 1. The second-order valence-corrected chi connectivity index (χ2v) is 5.19. The van der Waals surface area contributed by atoms with Crippen molar-refractivity contribution >= 4 is 16.8 Å². The molecule has 88 valence electrons. The molecule has 2 rings (SSSR count). The van der Waals surface area contributed by atoms with Gasteiger partial charge in [-0.3, -0.25) is 4.79 Å². The summed E-state index contributed by atoms with van der Waals surface area (Å²) >= 11 is 0. The highest BCUT2D eigenvalue weighted by Crippen LogP contribution is 2.15. The number of pyridine rings is 1. The topological polar surface area (TPSA) is 47.0 Å². The quantitative estimate of drug-likeness (QED) is 0.747. The van der Waals surface area contributed by atoms with Gasteiger partial charge in [-0.1, -0.05) is 12.1 Å². The van der Waals surface area contributed by atoms with Gasteiger partial charge in [-0.25, -0.2) is 0 Å². The molecule has 0 bridgehead atoms. The molecule has 17 heavy (non-hydrogen) atoms. The normalized spacial score (nSPS) is 11.7. The van der Waals surface area contributed by atoms with Crippen LogP contribution in [0, 0.1) is 0 Å². The lowest BCUT2D eigenvalue weighted by molar-refractivity contribution is -0.730. The zero-order chi connectivity index (χ0) is 12.6. The standard InChI is InChI=1S/C14H16N2O/c1-14(2,3)16-9-11(13(15)17)8-10-6-4-5-7-12(10)16/h4-9H,1-3H3,(H-,15,17)/p+1. The number of amides is 1. The summed E-state index contributed by atoms with van der Waals surface area (Å²) in [7, 11) is 0. The third-order valence-electron chi connectivity index (χ3n) is 2.78. The molecule has 0 saturated heterocycles. The molecule has 0 atom stereocenters. The van der Waals surface area contributed by atoms with E-state index in [2.05, 4.69) is 25.3 Å². The van der Waals surface area contributed by atoms with Crippen LogP contribution in [-0.4, -0.2) is 5.91 Å². The molecule has 1 aromatic heterocycles. The Hall–Kier alpha value is -1.90. The molecular weight excluding hydrogens is 212 g/mol. The van der Waals surface area contributed by atoms with Gasteiger partial charge in [0.15, 0.2) is 11.7 Å². The lowest BCUT2D eigenvalue weighted by Crippen LogP contribution is -2.51. The van der Waals surface area contributed by atoms with Gasteiger partial charge in [0.05, 0.1) is 0 Å². The van der Waals surface area contributed by atoms with Gasteiger partial charge in [0.1, 0.15) is 5.56 Å². The first-order valence-electron chi connectivity index (χ1n) is 5.64. The zero-order valence-electron chi connectivity index (χ0n) is 10.4. The van der Waals surface area contributed by atoms with E-state index in [0.29, 0.717) is 5.56 Å². The van der Waals surface area contributed by atoms with Crippen LogP contribution >= 0.6 is 0 Å². The number of primary amides is 1. The van der Waals surface area contributed by atoms with Gasteiger partial charge in [-0.15, -0.1) is 0 Å². The molecule has 0 radical (unpaired) electrons. The van der Waals surface area contributed by atoms with E-state index in [1.807, 2.05) is 36.5 Å². The van der Waals surface area contributed by atoms with Crippen LogP contribution < -0.4 is 10.3 Å². The molecule has 1 aromatic carbocycles. The Morgan fingerprint density at radius 1 is 1.24 bits per heavy atom. The number of carbonyl (C=O) groups excluding carboxylic acids is 1. The highest BCUT2D eigenvalue weighted by molar-refractivity contribution is 5.95. The van der Waals surface area contributed by atoms with Crippen molar-refractivity contribution in [2.24, 2.45) is 5.73 Å². The number of nitrogens with two attached hydrogens (primary N) is 1. The Kier molecular flexibility index (Phi) is 2.62. The summed E-state index contributed by atoms with van der Waals surface area (Å²) in [4.78, 5) is 11.3. The molecule has 0 fully saturated rings. The fourth-order valence-corrected chi connectivity index (χ4v) is 1.93. The molecule has 0 spiro atoms. The largest absolute Gasteiger partial charge is 0.365 e. The minimum Gasteiger partial charge on any atom is -0.365 e. The predicted octanol–water partition coefficient (Wildman–Crippen LogP) is 1.98. The van der Waals surface area contributed by atoms with Crippen molar-refractivity contribution in [2.45, 2.75) is 26.3 Å². The molecule has 2 N–H and O–H groups in total. The summed E-state index contributed by atoms with van der Waals surface area (Å²) in [5.41, 5.74) is 6.91. The lowest BCUT2D eigenvalue weighted by Gasteiger charge is -2.15. The van der Waals surface area contributed by atoms with Gasteiger partial charge in [0.2, 0.25) is 5.52 Å².